The van der Waals surface area contributed by atoms with Gasteiger partial charge < -0.3 is 9.84 Å². The lowest BCUT2D eigenvalue weighted by Crippen LogP contribution is -1.99. The molecule has 6 heteroatoms. The number of carboxylic acids is 1. The van der Waals surface area contributed by atoms with Crippen molar-refractivity contribution >= 4 is 17.3 Å². The zero-order valence-electron chi connectivity index (χ0n) is 9.51. The van der Waals surface area contributed by atoms with Gasteiger partial charge in [-0.2, -0.15) is 0 Å². The Kier molecular flexibility index (Phi) is 3.69. The fourth-order valence-electron chi connectivity index (χ4n) is 1.50. The van der Waals surface area contributed by atoms with Crippen molar-refractivity contribution in [2.75, 3.05) is 7.11 Å². The molecule has 0 aliphatic heterocycles. The molecule has 4 nitrogen and oxygen atoms in total. The molecule has 0 spiro atoms. The van der Waals surface area contributed by atoms with E-state index in [0.717, 1.165) is 11.3 Å². The summed E-state index contributed by atoms with van der Waals surface area (Å²) in [7, 11) is 1.47. The third-order valence-electron chi connectivity index (χ3n) is 2.24. The van der Waals surface area contributed by atoms with Crippen LogP contribution in [0.2, 0.25) is 0 Å². The highest BCUT2D eigenvalue weighted by Crippen LogP contribution is 2.28. The Morgan fingerprint density at radius 2 is 2.33 bits per heavy atom. The first kappa shape index (κ1) is 12.7. The topological polar surface area (TPSA) is 59.4 Å². The summed E-state index contributed by atoms with van der Waals surface area (Å²) >= 11 is 1.01. The van der Waals surface area contributed by atoms with Crippen LogP contribution in [0.3, 0.4) is 0 Å². The van der Waals surface area contributed by atoms with Crippen molar-refractivity contribution in [2.45, 2.75) is 6.61 Å². The molecule has 0 saturated heterocycles. The van der Waals surface area contributed by atoms with Crippen molar-refractivity contribution in [3.8, 4) is 10.6 Å². The highest BCUT2D eigenvalue weighted by Gasteiger charge is 2.18. The standard InChI is InChI=1S/C12H10FNO3S/c1-17-6-9-10(12(15)16)18-11(14-9)7-3-2-4-8(13)5-7/h2-5H,6H2,1H3,(H,15,16). The number of thiazole rings is 1. The van der Waals surface area contributed by atoms with Gasteiger partial charge in [0.1, 0.15) is 15.7 Å². The Hall–Kier alpha value is -1.79. The third kappa shape index (κ3) is 2.55. The second-order valence-corrected chi connectivity index (χ2v) is 4.54. The van der Waals surface area contributed by atoms with Gasteiger partial charge in [-0.25, -0.2) is 14.2 Å². The van der Waals surface area contributed by atoms with E-state index in [9.17, 15) is 9.18 Å². The molecule has 2 rings (SSSR count). The number of carboxylic acid groups (broad SMARTS) is 1. The second-order valence-electron chi connectivity index (χ2n) is 3.54. The van der Waals surface area contributed by atoms with Crippen molar-refractivity contribution < 1.29 is 19.0 Å². The molecule has 0 aliphatic rings. The molecule has 0 atom stereocenters. The van der Waals surface area contributed by atoms with Crippen LogP contribution in [-0.2, 0) is 11.3 Å². The Bertz CT molecular complexity index is 582. The lowest BCUT2D eigenvalue weighted by molar-refractivity contribution is 0.0697. The Morgan fingerprint density at radius 3 is 2.94 bits per heavy atom. The van der Waals surface area contributed by atoms with Crippen LogP contribution in [0.4, 0.5) is 4.39 Å². The third-order valence-corrected chi connectivity index (χ3v) is 3.38. The molecule has 0 amide bonds. The minimum atomic E-state index is -1.05. The molecular weight excluding hydrogens is 257 g/mol. The largest absolute Gasteiger partial charge is 0.477 e. The average molecular weight is 267 g/mol. The summed E-state index contributed by atoms with van der Waals surface area (Å²) in [4.78, 5) is 15.3. The van der Waals surface area contributed by atoms with Crippen LogP contribution in [0.5, 0.6) is 0 Å². The predicted octanol–water partition coefficient (Wildman–Crippen LogP) is 2.79. The monoisotopic (exact) mass is 267 g/mol. The van der Waals surface area contributed by atoms with Crippen molar-refractivity contribution in [3.05, 3.63) is 40.7 Å². The molecule has 0 unspecified atom stereocenters. The molecule has 94 valence electrons. The minimum absolute atomic E-state index is 0.119. The highest BCUT2D eigenvalue weighted by atomic mass is 32.1. The number of hydrogen-bond donors (Lipinski definition) is 1. The number of aromatic carboxylic acids is 1. The summed E-state index contributed by atoms with van der Waals surface area (Å²) in [5.41, 5.74) is 0.916. The van der Waals surface area contributed by atoms with Crippen LogP contribution >= 0.6 is 11.3 Å². The SMILES string of the molecule is COCc1nc(-c2cccc(F)c2)sc1C(=O)O. The van der Waals surface area contributed by atoms with Crippen molar-refractivity contribution in [1.29, 1.82) is 0 Å². The lowest BCUT2D eigenvalue weighted by atomic mass is 10.2. The summed E-state index contributed by atoms with van der Waals surface area (Å²) in [6.07, 6.45) is 0. The zero-order valence-corrected chi connectivity index (χ0v) is 10.3. The molecule has 0 bridgehead atoms. The van der Waals surface area contributed by atoms with Gasteiger partial charge in [-0.3, -0.25) is 0 Å². The molecular formula is C12H10FNO3S. The van der Waals surface area contributed by atoms with Gasteiger partial charge in [-0.1, -0.05) is 12.1 Å². The summed E-state index contributed by atoms with van der Waals surface area (Å²) in [5.74, 6) is -1.44. The molecule has 0 saturated carbocycles. The molecule has 0 radical (unpaired) electrons. The number of halogens is 1. The number of rotatable bonds is 4. The van der Waals surface area contributed by atoms with E-state index in [1.165, 1.54) is 19.2 Å². The maximum atomic E-state index is 13.1. The number of methoxy groups -OCH3 is 1. The molecule has 0 aliphatic carbocycles. The number of benzene rings is 1. The minimum Gasteiger partial charge on any atom is -0.477 e. The highest BCUT2D eigenvalue weighted by molar-refractivity contribution is 7.17. The molecule has 1 aromatic carbocycles. The predicted molar refractivity (Wildman–Crippen MR) is 65.2 cm³/mol. The quantitative estimate of drug-likeness (QED) is 0.925. The van der Waals surface area contributed by atoms with E-state index in [1.807, 2.05) is 0 Å². The van der Waals surface area contributed by atoms with E-state index < -0.39 is 5.97 Å². The Labute approximate surface area is 107 Å². The summed E-state index contributed by atoms with van der Waals surface area (Å²) < 4.78 is 18.0. The van der Waals surface area contributed by atoms with Gasteiger partial charge in [-0.05, 0) is 12.1 Å². The lowest BCUT2D eigenvalue weighted by Gasteiger charge is -1.96. The van der Waals surface area contributed by atoms with Crippen LogP contribution in [0.1, 0.15) is 15.4 Å². The van der Waals surface area contributed by atoms with Crippen molar-refractivity contribution in [3.63, 3.8) is 0 Å². The molecule has 1 N–H and O–H groups in total. The first-order valence-electron chi connectivity index (χ1n) is 5.09. The van der Waals surface area contributed by atoms with E-state index in [4.69, 9.17) is 9.84 Å². The van der Waals surface area contributed by atoms with E-state index in [2.05, 4.69) is 4.98 Å². The van der Waals surface area contributed by atoms with E-state index in [1.54, 1.807) is 12.1 Å². The number of ether oxygens (including phenoxy) is 1. The normalized spacial score (nSPS) is 10.6. The van der Waals surface area contributed by atoms with Crippen LogP contribution in [-0.4, -0.2) is 23.2 Å². The smallest absolute Gasteiger partial charge is 0.347 e. The van der Waals surface area contributed by atoms with Crippen LogP contribution in [0, 0.1) is 5.82 Å². The number of nitrogens with zero attached hydrogens (tertiary/aromatic N) is 1. The molecule has 18 heavy (non-hydrogen) atoms. The number of carbonyl (C=O) groups is 1. The number of hydrogen-bond acceptors (Lipinski definition) is 4. The van der Waals surface area contributed by atoms with E-state index in [-0.39, 0.29) is 17.3 Å². The van der Waals surface area contributed by atoms with Gasteiger partial charge in [0, 0.05) is 12.7 Å². The van der Waals surface area contributed by atoms with Crippen LogP contribution < -0.4 is 0 Å². The second kappa shape index (κ2) is 5.24. The summed E-state index contributed by atoms with van der Waals surface area (Å²) in [5, 5.41) is 9.52. The molecule has 1 heterocycles. The number of aromatic nitrogens is 1. The molecule has 1 aromatic heterocycles. The Morgan fingerprint density at radius 1 is 1.56 bits per heavy atom. The van der Waals surface area contributed by atoms with Crippen LogP contribution in [0.15, 0.2) is 24.3 Å². The van der Waals surface area contributed by atoms with Gasteiger partial charge in [0.05, 0.1) is 12.3 Å². The first-order chi connectivity index (χ1) is 8.61. The van der Waals surface area contributed by atoms with E-state index in [0.29, 0.717) is 16.3 Å². The molecule has 0 fully saturated rings. The summed E-state index contributed by atoms with van der Waals surface area (Å²) in [6.45, 7) is 0.119. The zero-order chi connectivity index (χ0) is 13.1. The van der Waals surface area contributed by atoms with Gasteiger partial charge in [0.25, 0.3) is 0 Å². The Balaban J connectivity index is 2.46. The van der Waals surface area contributed by atoms with Gasteiger partial charge >= 0.3 is 5.97 Å². The molecule has 2 aromatic rings. The van der Waals surface area contributed by atoms with Crippen LogP contribution in [0.25, 0.3) is 10.6 Å². The maximum Gasteiger partial charge on any atom is 0.347 e. The fourth-order valence-corrected chi connectivity index (χ4v) is 2.40. The first-order valence-corrected chi connectivity index (χ1v) is 5.91. The van der Waals surface area contributed by atoms with Gasteiger partial charge in [0.2, 0.25) is 0 Å². The summed E-state index contributed by atoms with van der Waals surface area (Å²) in [6, 6.07) is 5.89. The van der Waals surface area contributed by atoms with E-state index >= 15 is 0 Å². The maximum absolute atomic E-state index is 13.1. The van der Waals surface area contributed by atoms with Crippen molar-refractivity contribution in [1.82, 2.24) is 4.98 Å². The van der Waals surface area contributed by atoms with Gasteiger partial charge in [0.15, 0.2) is 0 Å². The average Bonchev–Trinajstić information content (AvgIpc) is 2.74. The van der Waals surface area contributed by atoms with Gasteiger partial charge in [-0.15, -0.1) is 11.3 Å². The van der Waals surface area contributed by atoms with Crippen molar-refractivity contribution in [2.24, 2.45) is 0 Å². The fraction of sp³-hybridized carbons (Fsp3) is 0.167.